The molecule has 1 saturated heterocycles. The molecule has 0 bridgehead atoms. The Morgan fingerprint density at radius 1 is 1.50 bits per heavy atom. The summed E-state index contributed by atoms with van der Waals surface area (Å²) in [7, 11) is 0. The van der Waals surface area contributed by atoms with Crippen LogP contribution in [0.1, 0.15) is 31.6 Å². The SMILES string of the molecule is CC(NC(=O)[C@H]1CCCNC1)c1nnc2ccccn12. The van der Waals surface area contributed by atoms with Crippen LogP contribution in [0.5, 0.6) is 0 Å². The van der Waals surface area contributed by atoms with Crippen molar-refractivity contribution >= 4 is 11.6 Å². The van der Waals surface area contributed by atoms with Crippen molar-refractivity contribution in [1.29, 1.82) is 0 Å². The molecule has 20 heavy (non-hydrogen) atoms. The Morgan fingerprint density at radius 2 is 2.40 bits per heavy atom. The van der Waals surface area contributed by atoms with Crippen molar-refractivity contribution in [3.8, 4) is 0 Å². The van der Waals surface area contributed by atoms with E-state index in [0.29, 0.717) is 0 Å². The van der Waals surface area contributed by atoms with Gasteiger partial charge in [-0.1, -0.05) is 6.07 Å². The van der Waals surface area contributed by atoms with E-state index in [1.165, 1.54) is 0 Å². The van der Waals surface area contributed by atoms with E-state index in [0.717, 1.165) is 37.4 Å². The topological polar surface area (TPSA) is 71.3 Å². The minimum atomic E-state index is -0.151. The van der Waals surface area contributed by atoms with E-state index in [-0.39, 0.29) is 17.9 Å². The fourth-order valence-electron chi connectivity index (χ4n) is 2.63. The average molecular weight is 273 g/mol. The van der Waals surface area contributed by atoms with Gasteiger partial charge in [0, 0.05) is 12.7 Å². The van der Waals surface area contributed by atoms with Gasteiger partial charge in [0.15, 0.2) is 11.5 Å². The zero-order chi connectivity index (χ0) is 13.9. The maximum atomic E-state index is 12.2. The summed E-state index contributed by atoms with van der Waals surface area (Å²) in [6.45, 7) is 3.71. The standard InChI is InChI=1S/C14H19N5O/c1-10(16-14(20)11-5-4-7-15-9-11)13-18-17-12-6-2-3-8-19(12)13/h2-3,6,8,10-11,15H,4-5,7,9H2,1H3,(H,16,20)/t10?,11-/m0/s1. The van der Waals surface area contributed by atoms with Crippen molar-refractivity contribution in [2.24, 2.45) is 5.92 Å². The summed E-state index contributed by atoms with van der Waals surface area (Å²) in [4.78, 5) is 12.2. The third-order valence-electron chi connectivity index (χ3n) is 3.75. The van der Waals surface area contributed by atoms with Crippen LogP contribution < -0.4 is 10.6 Å². The maximum Gasteiger partial charge on any atom is 0.224 e. The van der Waals surface area contributed by atoms with E-state index >= 15 is 0 Å². The molecule has 3 heterocycles. The highest BCUT2D eigenvalue weighted by Crippen LogP contribution is 2.15. The zero-order valence-electron chi connectivity index (χ0n) is 11.5. The van der Waals surface area contributed by atoms with Crippen molar-refractivity contribution in [1.82, 2.24) is 25.2 Å². The van der Waals surface area contributed by atoms with Crippen LogP contribution in [0.3, 0.4) is 0 Å². The molecule has 1 amide bonds. The summed E-state index contributed by atoms with van der Waals surface area (Å²) in [6.07, 6.45) is 3.92. The molecular weight excluding hydrogens is 254 g/mol. The molecule has 0 aromatic carbocycles. The number of carbonyl (C=O) groups is 1. The quantitative estimate of drug-likeness (QED) is 0.872. The first-order chi connectivity index (χ1) is 9.75. The van der Waals surface area contributed by atoms with Gasteiger partial charge in [0.25, 0.3) is 0 Å². The molecule has 1 unspecified atom stereocenters. The Bertz CT molecular complexity index is 602. The molecular formula is C14H19N5O. The van der Waals surface area contributed by atoms with Crippen molar-refractivity contribution in [2.75, 3.05) is 13.1 Å². The lowest BCUT2D eigenvalue weighted by atomic mass is 9.98. The van der Waals surface area contributed by atoms with Crippen molar-refractivity contribution in [2.45, 2.75) is 25.8 Å². The molecule has 0 spiro atoms. The smallest absolute Gasteiger partial charge is 0.224 e. The number of carbonyl (C=O) groups excluding carboxylic acids is 1. The molecule has 0 radical (unpaired) electrons. The Kier molecular flexibility index (Phi) is 3.64. The van der Waals surface area contributed by atoms with Gasteiger partial charge in [0.1, 0.15) is 0 Å². The number of hydrogen-bond donors (Lipinski definition) is 2. The average Bonchev–Trinajstić information content (AvgIpc) is 2.92. The molecule has 1 fully saturated rings. The summed E-state index contributed by atoms with van der Waals surface area (Å²) in [5.74, 6) is 0.917. The molecule has 2 N–H and O–H groups in total. The first-order valence-electron chi connectivity index (χ1n) is 7.06. The van der Waals surface area contributed by atoms with Crippen LogP contribution in [0.15, 0.2) is 24.4 Å². The van der Waals surface area contributed by atoms with Crippen LogP contribution in [0.2, 0.25) is 0 Å². The van der Waals surface area contributed by atoms with Crippen LogP contribution in [-0.2, 0) is 4.79 Å². The fraction of sp³-hybridized carbons (Fsp3) is 0.500. The minimum Gasteiger partial charge on any atom is -0.346 e. The number of amides is 1. The lowest BCUT2D eigenvalue weighted by molar-refractivity contribution is -0.126. The summed E-state index contributed by atoms with van der Waals surface area (Å²) in [6, 6.07) is 5.60. The summed E-state index contributed by atoms with van der Waals surface area (Å²) < 4.78 is 1.91. The Balaban J connectivity index is 1.72. The van der Waals surface area contributed by atoms with E-state index in [4.69, 9.17) is 0 Å². The summed E-state index contributed by atoms with van der Waals surface area (Å²) in [5.41, 5.74) is 0.794. The molecule has 0 aliphatic carbocycles. The number of nitrogens with one attached hydrogen (secondary N) is 2. The maximum absolute atomic E-state index is 12.2. The second-order valence-corrected chi connectivity index (χ2v) is 5.26. The zero-order valence-corrected chi connectivity index (χ0v) is 11.5. The molecule has 2 atom stereocenters. The highest BCUT2D eigenvalue weighted by atomic mass is 16.2. The summed E-state index contributed by atoms with van der Waals surface area (Å²) in [5, 5.41) is 14.6. The Hall–Kier alpha value is -1.95. The molecule has 6 heteroatoms. The number of pyridine rings is 1. The number of aromatic nitrogens is 3. The number of rotatable bonds is 3. The van der Waals surface area contributed by atoms with Gasteiger partial charge in [-0.2, -0.15) is 0 Å². The van der Waals surface area contributed by atoms with E-state index < -0.39 is 0 Å². The predicted molar refractivity (Wildman–Crippen MR) is 75.1 cm³/mol. The highest BCUT2D eigenvalue weighted by Gasteiger charge is 2.23. The molecule has 106 valence electrons. The van der Waals surface area contributed by atoms with Gasteiger partial charge in [0.05, 0.1) is 12.0 Å². The van der Waals surface area contributed by atoms with Gasteiger partial charge in [-0.25, -0.2) is 0 Å². The minimum absolute atomic E-state index is 0.0605. The van der Waals surface area contributed by atoms with Crippen molar-refractivity contribution in [3.05, 3.63) is 30.2 Å². The second kappa shape index (κ2) is 5.58. The molecule has 1 aliphatic heterocycles. The fourth-order valence-corrected chi connectivity index (χ4v) is 2.63. The van der Waals surface area contributed by atoms with Gasteiger partial charge >= 0.3 is 0 Å². The molecule has 0 saturated carbocycles. The van der Waals surface area contributed by atoms with E-state index in [9.17, 15) is 4.79 Å². The third kappa shape index (κ3) is 2.51. The van der Waals surface area contributed by atoms with Gasteiger partial charge in [0.2, 0.25) is 5.91 Å². The second-order valence-electron chi connectivity index (χ2n) is 5.26. The third-order valence-corrected chi connectivity index (χ3v) is 3.75. The Labute approximate surface area is 117 Å². The van der Waals surface area contributed by atoms with Crippen molar-refractivity contribution < 1.29 is 4.79 Å². The normalized spacial score (nSPS) is 20.8. The van der Waals surface area contributed by atoms with Gasteiger partial charge in [-0.15, -0.1) is 10.2 Å². The first-order valence-corrected chi connectivity index (χ1v) is 7.06. The largest absolute Gasteiger partial charge is 0.346 e. The molecule has 6 nitrogen and oxygen atoms in total. The van der Waals surface area contributed by atoms with E-state index in [1.807, 2.05) is 35.7 Å². The van der Waals surface area contributed by atoms with Crippen LogP contribution in [0.25, 0.3) is 5.65 Å². The van der Waals surface area contributed by atoms with Crippen LogP contribution in [0.4, 0.5) is 0 Å². The highest BCUT2D eigenvalue weighted by molar-refractivity contribution is 5.79. The number of fused-ring (bicyclic) bond motifs is 1. The predicted octanol–water partition coefficient (Wildman–Crippen LogP) is 0.906. The monoisotopic (exact) mass is 273 g/mol. The number of hydrogen-bond acceptors (Lipinski definition) is 4. The molecule has 2 aromatic rings. The van der Waals surface area contributed by atoms with E-state index in [1.54, 1.807) is 0 Å². The first kappa shape index (κ1) is 13.1. The van der Waals surface area contributed by atoms with E-state index in [2.05, 4.69) is 20.8 Å². The Morgan fingerprint density at radius 3 is 3.20 bits per heavy atom. The van der Waals surface area contributed by atoms with Gasteiger partial charge in [-0.3, -0.25) is 9.20 Å². The number of nitrogens with zero attached hydrogens (tertiary/aromatic N) is 3. The lowest BCUT2D eigenvalue weighted by Gasteiger charge is -2.23. The van der Waals surface area contributed by atoms with Crippen LogP contribution >= 0.6 is 0 Å². The molecule has 3 rings (SSSR count). The van der Waals surface area contributed by atoms with Gasteiger partial charge in [-0.05, 0) is 38.4 Å². The van der Waals surface area contributed by atoms with Crippen molar-refractivity contribution in [3.63, 3.8) is 0 Å². The molecule has 2 aromatic heterocycles. The number of piperidine rings is 1. The lowest BCUT2D eigenvalue weighted by Crippen LogP contribution is -2.41. The summed E-state index contributed by atoms with van der Waals surface area (Å²) >= 11 is 0. The van der Waals surface area contributed by atoms with Gasteiger partial charge < -0.3 is 10.6 Å². The molecule has 1 aliphatic rings. The van der Waals surface area contributed by atoms with Crippen LogP contribution in [0, 0.1) is 5.92 Å². The van der Waals surface area contributed by atoms with Crippen LogP contribution in [-0.4, -0.2) is 33.6 Å².